The molecular weight excluding hydrogens is 220 g/mol. The van der Waals surface area contributed by atoms with Crippen LogP contribution in [0.2, 0.25) is 0 Å². The first-order chi connectivity index (χ1) is 8.19. The van der Waals surface area contributed by atoms with Gasteiger partial charge >= 0.3 is 5.97 Å². The normalized spacial score (nSPS) is 10.1. The van der Waals surface area contributed by atoms with E-state index in [4.69, 9.17) is 4.74 Å². The molecule has 5 heteroatoms. The summed E-state index contributed by atoms with van der Waals surface area (Å²) in [6, 6.07) is 3.48. The fraction of sp³-hybridized carbons (Fsp3) is 0.500. The molecule has 0 aromatic carbocycles. The third-order valence-electron chi connectivity index (χ3n) is 2.32. The zero-order valence-electron chi connectivity index (χ0n) is 10.4. The van der Waals surface area contributed by atoms with Crippen LogP contribution >= 0.6 is 0 Å². The van der Waals surface area contributed by atoms with Crippen molar-refractivity contribution in [2.24, 2.45) is 0 Å². The third kappa shape index (κ3) is 4.03. The van der Waals surface area contributed by atoms with Crippen molar-refractivity contribution in [3.05, 3.63) is 23.4 Å². The number of hydrogen-bond acceptors (Lipinski definition) is 5. The van der Waals surface area contributed by atoms with Gasteiger partial charge in [0.05, 0.1) is 18.4 Å². The van der Waals surface area contributed by atoms with E-state index in [1.54, 1.807) is 26.2 Å². The highest BCUT2D eigenvalue weighted by Crippen LogP contribution is 2.11. The van der Waals surface area contributed by atoms with Gasteiger partial charge in [-0.2, -0.15) is 0 Å². The lowest BCUT2D eigenvalue weighted by Crippen LogP contribution is -2.09. The Bertz CT molecular complexity index is 380. The van der Waals surface area contributed by atoms with Gasteiger partial charge < -0.3 is 14.8 Å². The van der Waals surface area contributed by atoms with Crippen LogP contribution < -0.4 is 5.32 Å². The van der Waals surface area contributed by atoms with Crippen molar-refractivity contribution in [3.8, 4) is 0 Å². The molecule has 1 rings (SSSR count). The van der Waals surface area contributed by atoms with E-state index in [0.29, 0.717) is 17.9 Å². The quantitative estimate of drug-likeness (QED) is 0.603. The van der Waals surface area contributed by atoms with Crippen LogP contribution in [-0.4, -0.2) is 38.3 Å². The molecule has 1 aromatic rings. The number of pyridine rings is 1. The van der Waals surface area contributed by atoms with Gasteiger partial charge in [0.15, 0.2) is 0 Å². The summed E-state index contributed by atoms with van der Waals surface area (Å²) in [6.45, 7) is 3.29. The van der Waals surface area contributed by atoms with Crippen molar-refractivity contribution in [1.29, 1.82) is 0 Å². The van der Waals surface area contributed by atoms with Gasteiger partial charge in [-0.25, -0.2) is 9.78 Å². The standard InChI is InChI=1S/C12H18N2O3/c1-9-10(12(15)17-3)5-6-11(14-9)13-7-4-8-16-2/h5-6H,4,7-8H2,1-3H3,(H,13,14). The van der Waals surface area contributed by atoms with Gasteiger partial charge in [0, 0.05) is 20.3 Å². The molecule has 0 atom stereocenters. The summed E-state index contributed by atoms with van der Waals surface area (Å²) in [5, 5.41) is 3.16. The van der Waals surface area contributed by atoms with Gasteiger partial charge in [0.25, 0.3) is 0 Å². The van der Waals surface area contributed by atoms with Crippen molar-refractivity contribution < 1.29 is 14.3 Å². The second-order valence-electron chi connectivity index (χ2n) is 3.59. The molecule has 0 aliphatic carbocycles. The van der Waals surface area contributed by atoms with Crippen molar-refractivity contribution in [1.82, 2.24) is 4.98 Å². The first-order valence-corrected chi connectivity index (χ1v) is 5.47. The molecule has 0 bridgehead atoms. The van der Waals surface area contributed by atoms with Crippen LogP contribution in [0.5, 0.6) is 0 Å². The molecule has 1 N–H and O–H groups in total. The molecule has 0 aliphatic rings. The maximum Gasteiger partial charge on any atom is 0.339 e. The van der Waals surface area contributed by atoms with Crippen LogP contribution in [0.1, 0.15) is 22.5 Å². The number of methoxy groups -OCH3 is 2. The summed E-state index contributed by atoms with van der Waals surface area (Å²) in [5.74, 6) is 0.396. The van der Waals surface area contributed by atoms with Gasteiger partial charge in [0.1, 0.15) is 5.82 Å². The summed E-state index contributed by atoms with van der Waals surface area (Å²) < 4.78 is 9.60. The molecule has 0 radical (unpaired) electrons. The van der Waals surface area contributed by atoms with Crippen LogP contribution in [0.25, 0.3) is 0 Å². The predicted molar refractivity (Wildman–Crippen MR) is 65.3 cm³/mol. The Kier molecular flexibility index (Phi) is 5.42. The number of aryl methyl sites for hydroxylation is 1. The first-order valence-electron chi connectivity index (χ1n) is 5.47. The third-order valence-corrected chi connectivity index (χ3v) is 2.32. The van der Waals surface area contributed by atoms with E-state index in [1.165, 1.54) is 7.11 Å². The molecule has 17 heavy (non-hydrogen) atoms. The summed E-state index contributed by atoms with van der Waals surface area (Å²) in [7, 11) is 3.03. The highest BCUT2D eigenvalue weighted by Gasteiger charge is 2.10. The summed E-state index contributed by atoms with van der Waals surface area (Å²) in [6.07, 6.45) is 0.913. The smallest absolute Gasteiger partial charge is 0.339 e. The van der Waals surface area contributed by atoms with Crippen LogP contribution in [0, 0.1) is 6.92 Å². The van der Waals surface area contributed by atoms with Crippen molar-refractivity contribution in [3.63, 3.8) is 0 Å². The Labute approximate surface area is 101 Å². The Balaban J connectivity index is 2.59. The molecule has 94 valence electrons. The first kappa shape index (κ1) is 13.4. The minimum Gasteiger partial charge on any atom is -0.465 e. The van der Waals surface area contributed by atoms with E-state index in [1.807, 2.05) is 0 Å². The van der Waals surface area contributed by atoms with E-state index in [-0.39, 0.29) is 5.97 Å². The molecule has 0 amide bonds. The zero-order chi connectivity index (χ0) is 12.7. The van der Waals surface area contributed by atoms with Crippen molar-refractivity contribution >= 4 is 11.8 Å². The highest BCUT2D eigenvalue weighted by molar-refractivity contribution is 5.90. The average molecular weight is 238 g/mol. The second-order valence-corrected chi connectivity index (χ2v) is 3.59. The van der Waals surface area contributed by atoms with Gasteiger partial charge in [0.2, 0.25) is 0 Å². The number of ether oxygens (including phenoxy) is 2. The summed E-state index contributed by atoms with van der Waals surface area (Å²) in [4.78, 5) is 15.6. The molecule has 0 fully saturated rings. The molecular formula is C12H18N2O3. The lowest BCUT2D eigenvalue weighted by Gasteiger charge is -2.08. The van der Waals surface area contributed by atoms with Crippen LogP contribution in [-0.2, 0) is 9.47 Å². The zero-order valence-corrected chi connectivity index (χ0v) is 10.4. The molecule has 1 heterocycles. The topological polar surface area (TPSA) is 60.5 Å². The average Bonchev–Trinajstić information content (AvgIpc) is 2.34. The van der Waals surface area contributed by atoms with Crippen molar-refractivity contribution in [2.75, 3.05) is 32.7 Å². The fourth-order valence-corrected chi connectivity index (χ4v) is 1.42. The molecule has 0 unspecified atom stereocenters. The number of carbonyl (C=O) groups excluding carboxylic acids is 1. The van der Waals surface area contributed by atoms with Gasteiger partial charge in [-0.1, -0.05) is 0 Å². The van der Waals surface area contributed by atoms with Gasteiger partial charge in [-0.05, 0) is 25.5 Å². The number of nitrogens with one attached hydrogen (secondary N) is 1. The summed E-state index contributed by atoms with van der Waals surface area (Å²) in [5.41, 5.74) is 1.16. The lowest BCUT2D eigenvalue weighted by atomic mass is 10.2. The second kappa shape index (κ2) is 6.85. The van der Waals surface area contributed by atoms with E-state index >= 15 is 0 Å². The fourth-order valence-electron chi connectivity index (χ4n) is 1.42. The minimum absolute atomic E-state index is 0.360. The van der Waals surface area contributed by atoms with Gasteiger partial charge in [-0.3, -0.25) is 0 Å². The van der Waals surface area contributed by atoms with Crippen LogP contribution in [0.15, 0.2) is 12.1 Å². The predicted octanol–water partition coefficient (Wildman–Crippen LogP) is 1.63. The van der Waals surface area contributed by atoms with E-state index in [9.17, 15) is 4.79 Å². The number of nitrogens with zero attached hydrogens (tertiary/aromatic N) is 1. The monoisotopic (exact) mass is 238 g/mol. The molecule has 0 aliphatic heterocycles. The molecule has 0 saturated heterocycles. The minimum atomic E-state index is -0.360. The van der Waals surface area contributed by atoms with Crippen molar-refractivity contribution in [2.45, 2.75) is 13.3 Å². The SMILES string of the molecule is COCCCNc1ccc(C(=O)OC)c(C)n1. The Morgan fingerprint density at radius 1 is 1.41 bits per heavy atom. The number of rotatable bonds is 6. The van der Waals surface area contributed by atoms with Crippen LogP contribution in [0.3, 0.4) is 0 Å². The molecule has 1 aromatic heterocycles. The lowest BCUT2D eigenvalue weighted by molar-refractivity contribution is 0.0599. The van der Waals surface area contributed by atoms with Crippen LogP contribution in [0.4, 0.5) is 5.82 Å². The van der Waals surface area contributed by atoms with Gasteiger partial charge in [-0.15, -0.1) is 0 Å². The number of esters is 1. The van der Waals surface area contributed by atoms with E-state index in [2.05, 4.69) is 15.0 Å². The molecule has 5 nitrogen and oxygen atoms in total. The Morgan fingerprint density at radius 3 is 2.76 bits per heavy atom. The number of hydrogen-bond donors (Lipinski definition) is 1. The Morgan fingerprint density at radius 2 is 2.18 bits per heavy atom. The largest absolute Gasteiger partial charge is 0.465 e. The molecule has 0 saturated carbocycles. The molecule has 0 spiro atoms. The van der Waals surface area contributed by atoms with E-state index < -0.39 is 0 Å². The number of aromatic nitrogens is 1. The highest BCUT2D eigenvalue weighted by atomic mass is 16.5. The Hall–Kier alpha value is -1.62. The summed E-state index contributed by atoms with van der Waals surface area (Å²) >= 11 is 0. The maximum absolute atomic E-state index is 11.3. The maximum atomic E-state index is 11.3. The van der Waals surface area contributed by atoms with E-state index in [0.717, 1.165) is 18.8 Å². The number of anilines is 1. The number of carbonyl (C=O) groups is 1.